The number of alkyl halides is 3. The maximum atomic E-state index is 14.5. The van der Waals surface area contributed by atoms with Crippen LogP contribution in [0.25, 0.3) is 0 Å². The van der Waals surface area contributed by atoms with E-state index in [1.54, 1.807) is 12.1 Å². The SMILES string of the molecule is COC(C(=O)N1CCC2(CC1)CC(=O)NC[C@H]2c1ccc(F)cc1)(c1cccc(C(N)=O)c1)C(F)(F)F. The molecule has 0 aliphatic carbocycles. The molecule has 198 valence electrons. The van der Waals surface area contributed by atoms with E-state index < -0.39 is 40.4 Å². The van der Waals surface area contributed by atoms with E-state index in [0.717, 1.165) is 29.7 Å². The molecule has 0 saturated carbocycles. The van der Waals surface area contributed by atoms with E-state index in [4.69, 9.17) is 10.5 Å². The summed E-state index contributed by atoms with van der Waals surface area (Å²) in [5.41, 5.74) is 1.37. The van der Waals surface area contributed by atoms with E-state index in [9.17, 15) is 31.9 Å². The molecular formula is C26H27F4N3O4. The first kappa shape index (κ1) is 26.6. The van der Waals surface area contributed by atoms with Crippen molar-refractivity contribution in [3.05, 3.63) is 71.0 Å². The van der Waals surface area contributed by atoms with E-state index >= 15 is 0 Å². The Morgan fingerprint density at radius 2 is 1.76 bits per heavy atom. The summed E-state index contributed by atoms with van der Waals surface area (Å²) in [6.07, 6.45) is -4.46. The lowest BCUT2D eigenvalue weighted by Gasteiger charge is -2.50. The van der Waals surface area contributed by atoms with Crippen LogP contribution in [0, 0.1) is 11.2 Å². The Kier molecular flexibility index (Phi) is 7.02. The number of benzene rings is 2. The first-order chi connectivity index (χ1) is 17.4. The third-order valence-electron chi connectivity index (χ3n) is 7.63. The van der Waals surface area contributed by atoms with E-state index in [-0.39, 0.29) is 49.7 Å². The highest BCUT2D eigenvalue weighted by molar-refractivity contribution is 5.94. The van der Waals surface area contributed by atoms with E-state index in [1.165, 1.54) is 24.3 Å². The lowest BCUT2D eigenvalue weighted by Crippen LogP contribution is -2.60. The van der Waals surface area contributed by atoms with Crippen LogP contribution in [0.5, 0.6) is 0 Å². The minimum Gasteiger partial charge on any atom is -0.366 e. The Labute approximate surface area is 210 Å². The average molecular weight is 522 g/mol. The first-order valence-electron chi connectivity index (χ1n) is 11.8. The van der Waals surface area contributed by atoms with Gasteiger partial charge in [0.05, 0.1) is 0 Å². The first-order valence-corrected chi connectivity index (χ1v) is 11.8. The number of rotatable bonds is 5. The molecule has 3 N–H and O–H groups in total. The number of nitrogens with one attached hydrogen (secondary N) is 1. The summed E-state index contributed by atoms with van der Waals surface area (Å²) >= 11 is 0. The number of nitrogens with zero attached hydrogens (tertiary/aromatic N) is 1. The maximum absolute atomic E-state index is 14.5. The van der Waals surface area contributed by atoms with Gasteiger partial charge < -0.3 is 20.7 Å². The maximum Gasteiger partial charge on any atom is 0.430 e. The van der Waals surface area contributed by atoms with Gasteiger partial charge in [0, 0.05) is 50.2 Å². The van der Waals surface area contributed by atoms with E-state index in [0.29, 0.717) is 6.54 Å². The number of piperidine rings is 2. The van der Waals surface area contributed by atoms with Gasteiger partial charge in [-0.3, -0.25) is 14.4 Å². The summed E-state index contributed by atoms with van der Waals surface area (Å²) < 4.78 is 62.1. The Hall–Kier alpha value is -3.47. The van der Waals surface area contributed by atoms with E-state index in [1.807, 2.05) is 0 Å². The smallest absolute Gasteiger partial charge is 0.366 e. The number of methoxy groups -OCH3 is 1. The summed E-state index contributed by atoms with van der Waals surface area (Å²) in [4.78, 5) is 38.6. The zero-order chi connectivity index (χ0) is 27.0. The van der Waals surface area contributed by atoms with Crippen molar-refractivity contribution in [3.63, 3.8) is 0 Å². The van der Waals surface area contributed by atoms with Crippen molar-refractivity contribution in [1.82, 2.24) is 10.2 Å². The largest absolute Gasteiger partial charge is 0.430 e. The van der Waals surface area contributed by atoms with Crippen LogP contribution in [0.15, 0.2) is 48.5 Å². The molecule has 2 aromatic carbocycles. The number of amides is 3. The fourth-order valence-corrected chi connectivity index (χ4v) is 5.63. The van der Waals surface area contributed by atoms with Gasteiger partial charge in [-0.2, -0.15) is 13.2 Å². The molecule has 2 aromatic rings. The molecule has 1 unspecified atom stereocenters. The van der Waals surface area contributed by atoms with Crippen LogP contribution in [0.3, 0.4) is 0 Å². The molecule has 3 amide bonds. The fourth-order valence-electron chi connectivity index (χ4n) is 5.63. The van der Waals surface area contributed by atoms with Crippen LogP contribution in [0.2, 0.25) is 0 Å². The summed E-state index contributed by atoms with van der Waals surface area (Å²) in [5.74, 6) is -3.02. The molecule has 11 heteroatoms. The topological polar surface area (TPSA) is 102 Å². The summed E-state index contributed by atoms with van der Waals surface area (Å²) in [5, 5.41) is 2.82. The van der Waals surface area contributed by atoms with Gasteiger partial charge in [0.15, 0.2) is 0 Å². The number of likely N-dealkylation sites (tertiary alicyclic amines) is 1. The van der Waals surface area contributed by atoms with Crippen LogP contribution in [0.4, 0.5) is 17.6 Å². The zero-order valence-electron chi connectivity index (χ0n) is 20.1. The molecule has 0 aromatic heterocycles. The number of primary amides is 1. The third-order valence-corrected chi connectivity index (χ3v) is 7.63. The van der Waals surface area contributed by atoms with Crippen LogP contribution in [-0.2, 0) is 19.9 Å². The minimum absolute atomic E-state index is 0.0412. The van der Waals surface area contributed by atoms with Gasteiger partial charge >= 0.3 is 6.18 Å². The molecular weight excluding hydrogens is 494 g/mol. The van der Waals surface area contributed by atoms with Crippen molar-refractivity contribution >= 4 is 17.7 Å². The van der Waals surface area contributed by atoms with Gasteiger partial charge in [-0.25, -0.2) is 4.39 Å². The van der Waals surface area contributed by atoms with Gasteiger partial charge in [0.2, 0.25) is 11.8 Å². The van der Waals surface area contributed by atoms with Crippen molar-refractivity contribution in [1.29, 1.82) is 0 Å². The number of carbonyl (C=O) groups excluding carboxylic acids is 3. The predicted octanol–water partition coefficient (Wildman–Crippen LogP) is 3.24. The molecule has 2 fully saturated rings. The van der Waals surface area contributed by atoms with Crippen molar-refractivity contribution < 1.29 is 36.7 Å². The fraction of sp³-hybridized carbons (Fsp3) is 0.423. The van der Waals surface area contributed by atoms with Crippen LogP contribution in [-0.4, -0.2) is 55.5 Å². The second-order valence-electron chi connectivity index (χ2n) is 9.57. The Morgan fingerprint density at radius 1 is 1.11 bits per heavy atom. The number of hydrogen-bond donors (Lipinski definition) is 2. The van der Waals surface area contributed by atoms with E-state index in [2.05, 4.69) is 5.32 Å². The van der Waals surface area contributed by atoms with Crippen LogP contribution in [0.1, 0.15) is 46.7 Å². The van der Waals surface area contributed by atoms with Crippen molar-refractivity contribution in [2.75, 3.05) is 26.7 Å². The van der Waals surface area contributed by atoms with Gasteiger partial charge in [-0.1, -0.05) is 24.3 Å². The number of hydrogen-bond acceptors (Lipinski definition) is 4. The number of halogens is 4. The highest BCUT2D eigenvalue weighted by Gasteiger charge is 2.64. The number of carbonyl (C=O) groups is 3. The lowest BCUT2D eigenvalue weighted by molar-refractivity contribution is -0.271. The molecule has 4 rings (SSSR count). The molecule has 37 heavy (non-hydrogen) atoms. The van der Waals surface area contributed by atoms with Crippen molar-refractivity contribution in [3.8, 4) is 0 Å². The Morgan fingerprint density at radius 3 is 2.32 bits per heavy atom. The van der Waals surface area contributed by atoms with Gasteiger partial charge in [0.1, 0.15) is 5.82 Å². The zero-order valence-corrected chi connectivity index (χ0v) is 20.1. The molecule has 0 bridgehead atoms. The molecule has 2 aliphatic heterocycles. The van der Waals surface area contributed by atoms with Crippen molar-refractivity contribution in [2.45, 2.75) is 37.0 Å². The van der Waals surface area contributed by atoms with Gasteiger partial charge in [-0.15, -0.1) is 0 Å². The third kappa shape index (κ3) is 4.68. The molecule has 2 aliphatic rings. The molecule has 2 atom stereocenters. The van der Waals surface area contributed by atoms with Gasteiger partial charge in [-0.05, 0) is 48.1 Å². The summed E-state index contributed by atoms with van der Waals surface area (Å²) in [7, 11) is 0.795. The standard InChI is InChI=1S/C26H27F4N3O4/c1-37-25(26(28,29)30,18-4-2-3-17(13-18)22(31)35)23(36)33-11-9-24(10-12-33)14-21(34)32-15-20(24)16-5-7-19(27)8-6-16/h2-8,13,20H,9-12,14-15H2,1H3,(H2,31,35)(H,32,34)/t20-,25?/m0/s1. The number of nitrogens with two attached hydrogens (primary N) is 1. The van der Waals surface area contributed by atoms with Crippen molar-refractivity contribution in [2.24, 2.45) is 11.1 Å². The monoisotopic (exact) mass is 521 g/mol. The molecule has 7 nitrogen and oxygen atoms in total. The Balaban J connectivity index is 1.65. The van der Waals surface area contributed by atoms with Crippen LogP contribution < -0.4 is 11.1 Å². The Bertz CT molecular complexity index is 1190. The highest BCUT2D eigenvalue weighted by atomic mass is 19.4. The normalized spacial score (nSPS) is 21.3. The van der Waals surface area contributed by atoms with Crippen LogP contribution >= 0.6 is 0 Å². The number of ether oxygens (including phenoxy) is 1. The average Bonchev–Trinajstić information content (AvgIpc) is 2.85. The minimum atomic E-state index is -5.15. The molecule has 2 saturated heterocycles. The summed E-state index contributed by atoms with van der Waals surface area (Å²) in [6.45, 7) is 0.226. The molecule has 2 heterocycles. The quantitative estimate of drug-likeness (QED) is 0.590. The second-order valence-corrected chi connectivity index (χ2v) is 9.57. The lowest BCUT2D eigenvalue weighted by atomic mass is 9.62. The highest BCUT2D eigenvalue weighted by Crippen LogP contribution is 2.50. The van der Waals surface area contributed by atoms with Gasteiger partial charge in [0.25, 0.3) is 11.5 Å². The molecule has 1 spiro atoms. The molecule has 0 radical (unpaired) electrons. The second kappa shape index (κ2) is 9.77. The predicted molar refractivity (Wildman–Crippen MR) is 125 cm³/mol. The summed E-state index contributed by atoms with van der Waals surface area (Å²) in [6, 6.07) is 10.4.